The summed E-state index contributed by atoms with van der Waals surface area (Å²) in [6.07, 6.45) is 2.65. The largest absolute Gasteiger partial charge is 0.400 e. The third-order valence-corrected chi connectivity index (χ3v) is 1.43. The Labute approximate surface area is 64.9 Å². The lowest BCUT2D eigenvalue weighted by Crippen LogP contribution is -2.18. The fraction of sp³-hybridized carbons (Fsp3) is 1.00. The van der Waals surface area contributed by atoms with Gasteiger partial charge in [-0.2, -0.15) is 0 Å². The highest BCUT2D eigenvalue weighted by atomic mass is 16.2. The molecule has 0 radical (unpaired) electrons. The third-order valence-electron chi connectivity index (χ3n) is 1.43. The standard InChI is InChI=1S/C7H17N.CH4O/c1-4-6-7-8(3)5-2;1-2/h4-7H2,1-3H3;2H,1H3. The van der Waals surface area contributed by atoms with Crippen molar-refractivity contribution in [1.29, 1.82) is 0 Å². The van der Waals surface area contributed by atoms with Crippen LogP contribution in [0.15, 0.2) is 0 Å². The second-order valence-electron chi connectivity index (χ2n) is 2.25. The van der Waals surface area contributed by atoms with Gasteiger partial charge in [0, 0.05) is 7.11 Å². The Bertz CT molecular complexity index is 48.5. The molecule has 0 spiro atoms. The molecule has 0 unspecified atom stereocenters. The lowest BCUT2D eigenvalue weighted by atomic mass is 10.3. The first-order valence-corrected chi connectivity index (χ1v) is 3.94. The van der Waals surface area contributed by atoms with Crippen LogP contribution in [-0.2, 0) is 0 Å². The quantitative estimate of drug-likeness (QED) is 0.649. The monoisotopic (exact) mass is 147 g/mol. The fourth-order valence-corrected chi connectivity index (χ4v) is 0.586. The number of nitrogens with zero attached hydrogens (tertiary/aromatic N) is 1. The van der Waals surface area contributed by atoms with Crippen molar-refractivity contribution >= 4 is 0 Å². The van der Waals surface area contributed by atoms with Crippen LogP contribution in [0.4, 0.5) is 0 Å². The van der Waals surface area contributed by atoms with Gasteiger partial charge in [0.1, 0.15) is 0 Å². The second kappa shape index (κ2) is 11.7. The average molecular weight is 147 g/mol. The van der Waals surface area contributed by atoms with Crippen molar-refractivity contribution in [2.24, 2.45) is 0 Å². The molecule has 1 N–H and O–H groups in total. The van der Waals surface area contributed by atoms with Crippen LogP contribution >= 0.6 is 0 Å². The van der Waals surface area contributed by atoms with E-state index in [2.05, 4.69) is 25.8 Å². The van der Waals surface area contributed by atoms with E-state index < -0.39 is 0 Å². The molecular weight excluding hydrogens is 126 g/mol. The smallest absolute Gasteiger partial charge is 0.0319 e. The summed E-state index contributed by atoms with van der Waals surface area (Å²) < 4.78 is 0. The summed E-state index contributed by atoms with van der Waals surface area (Å²) in [4.78, 5) is 2.34. The Morgan fingerprint density at radius 2 is 1.70 bits per heavy atom. The fourth-order valence-electron chi connectivity index (χ4n) is 0.586. The van der Waals surface area contributed by atoms with Crippen LogP contribution in [-0.4, -0.2) is 37.3 Å². The Morgan fingerprint density at radius 3 is 2.00 bits per heavy atom. The molecule has 10 heavy (non-hydrogen) atoms. The first-order chi connectivity index (χ1) is 4.81. The zero-order valence-electron chi connectivity index (χ0n) is 7.72. The summed E-state index contributed by atoms with van der Waals surface area (Å²) in [7, 11) is 3.16. The Morgan fingerprint density at radius 1 is 1.20 bits per heavy atom. The van der Waals surface area contributed by atoms with Crippen LogP contribution < -0.4 is 0 Å². The number of rotatable bonds is 4. The molecule has 0 aromatic heterocycles. The molecule has 0 fully saturated rings. The topological polar surface area (TPSA) is 23.5 Å². The minimum atomic E-state index is 1.00. The van der Waals surface area contributed by atoms with Crippen molar-refractivity contribution in [3.8, 4) is 0 Å². The van der Waals surface area contributed by atoms with E-state index in [1.807, 2.05) is 0 Å². The van der Waals surface area contributed by atoms with Crippen LogP contribution in [0.1, 0.15) is 26.7 Å². The van der Waals surface area contributed by atoms with E-state index in [4.69, 9.17) is 5.11 Å². The summed E-state index contributed by atoms with van der Waals surface area (Å²) in [5.74, 6) is 0. The van der Waals surface area contributed by atoms with E-state index in [-0.39, 0.29) is 0 Å². The van der Waals surface area contributed by atoms with Gasteiger partial charge in [-0.25, -0.2) is 0 Å². The molecule has 0 bridgehead atoms. The van der Waals surface area contributed by atoms with Crippen LogP contribution in [0, 0.1) is 0 Å². The Hall–Kier alpha value is -0.0800. The summed E-state index contributed by atoms with van der Waals surface area (Å²) >= 11 is 0. The van der Waals surface area contributed by atoms with E-state index in [1.165, 1.54) is 25.9 Å². The summed E-state index contributed by atoms with van der Waals surface area (Å²) in [6, 6.07) is 0. The second-order valence-corrected chi connectivity index (χ2v) is 2.25. The zero-order chi connectivity index (χ0) is 8.41. The average Bonchev–Trinajstić information content (AvgIpc) is 2.04. The highest BCUT2D eigenvalue weighted by Gasteiger charge is 1.89. The van der Waals surface area contributed by atoms with Crippen molar-refractivity contribution in [2.75, 3.05) is 27.2 Å². The predicted octanol–water partition coefficient (Wildman–Crippen LogP) is 1.35. The van der Waals surface area contributed by atoms with Gasteiger partial charge >= 0.3 is 0 Å². The maximum Gasteiger partial charge on any atom is 0.0319 e. The summed E-state index contributed by atoms with van der Waals surface area (Å²) in [6.45, 7) is 6.85. The Balaban J connectivity index is 0. The minimum absolute atomic E-state index is 1.00. The number of hydrogen-bond donors (Lipinski definition) is 1. The maximum absolute atomic E-state index is 7.00. The molecule has 0 aliphatic heterocycles. The van der Waals surface area contributed by atoms with Gasteiger partial charge < -0.3 is 10.0 Å². The van der Waals surface area contributed by atoms with Gasteiger partial charge in [0.05, 0.1) is 0 Å². The normalized spacial score (nSPS) is 9.00. The van der Waals surface area contributed by atoms with Crippen molar-refractivity contribution in [3.05, 3.63) is 0 Å². The van der Waals surface area contributed by atoms with Gasteiger partial charge in [-0.3, -0.25) is 0 Å². The number of aliphatic hydroxyl groups excluding tert-OH is 1. The van der Waals surface area contributed by atoms with Crippen molar-refractivity contribution in [2.45, 2.75) is 26.7 Å². The van der Waals surface area contributed by atoms with Gasteiger partial charge in [-0.05, 0) is 26.6 Å². The zero-order valence-corrected chi connectivity index (χ0v) is 7.72. The minimum Gasteiger partial charge on any atom is -0.400 e. The summed E-state index contributed by atoms with van der Waals surface area (Å²) in [5.41, 5.74) is 0. The highest BCUT2D eigenvalue weighted by molar-refractivity contribution is 4.44. The van der Waals surface area contributed by atoms with Gasteiger partial charge in [0.25, 0.3) is 0 Å². The van der Waals surface area contributed by atoms with E-state index in [0.717, 1.165) is 7.11 Å². The molecule has 0 aliphatic rings. The predicted molar refractivity (Wildman–Crippen MR) is 46.2 cm³/mol. The van der Waals surface area contributed by atoms with E-state index in [0.29, 0.717) is 0 Å². The molecule has 0 aliphatic carbocycles. The van der Waals surface area contributed by atoms with Gasteiger partial charge in [-0.1, -0.05) is 20.3 Å². The number of unbranched alkanes of at least 4 members (excludes halogenated alkanes) is 1. The molecule has 0 aromatic carbocycles. The number of aliphatic hydroxyl groups is 1. The molecule has 0 amide bonds. The lowest BCUT2D eigenvalue weighted by molar-refractivity contribution is 0.346. The highest BCUT2D eigenvalue weighted by Crippen LogP contribution is 1.89. The van der Waals surface area contributed by atoms with Crippen LogP contribution in [0.25, 0.3) is 0 Å². The molecular formula is C8H21NO. The van der Waals surface area contributed by atoms with Crippen molar-refractivity contribution in [3.63, 3.8) is 0 Å². The molecule has 2 heteroatoms. The van der Waals surface area contributed by atoms with Gasteiger partial charge in [0.15, 0.2) is 0 Å². The molecule has 0 aromatic rings. The van der Waals surface area contributed by atoms with Gasteiger partial charge in [0.2, 0.25) is 0 Å². The first-order valence-electron chi connectivity index (χ1n) is 3.94. The van der Waals surface area contributed by atoms with E-state index in [1.54, 1.807) is 0 Å². The Kier molecular flexibility index (Phi) is 14.7. The molecule has 64 valence electrons. The maximum atomic E-state index is 7.00. The van der Waals surface area contributed by atoms with E-state index >= 15 is 0 Å². The number of hydrogen-bond acceptors (Lipinski definition) is 2. The molecule has 0 saturated heterocycles. The molecule has 0 heterocycles. The van der Waals surface area contributed by atoms with Crippen LogP contribution in [0.3, 0.4) is 0 Å². The first kappa shape index (κ1) is 12.6. The molecule has 0 saturated carbocycles. The molecule has 0 rings (SSSR count). The van der Waals surface area contributed by atoms with Crippen LogP contribution in [0.2, 0.25) is 0 Å². The van der Waals surface area contributed by atoms with Crippen LogP contribution in [0.5, 0.6) is 0 Å². The third kappa shape index (κ3) is 10.8. The van der Waals surface area contributed by atoms with Crippen molar-refractivity contribution < 1.29 is 5.11 Å². The summed E-state index contributed by atoms with van der Waals surface area (Å²) in [5, 5.41) is 7.00. The van der Waals surface area contributed by atoms with E-state index in [9.17, 15) is 0 Å². The van der Waals surface area contributed by atoms with Gasteiger partial charge in [-0.15, -0.1) is 0 Å². The molecule has 0 atom stereocenters. The lowest BCUT2D eigenvalue weighted by Gasteiger charge is -2.11. The van der Waals surface area contributed by atoms with Crippen molar-refractivity contribution in [1.82, 2.24) is 4.90 Å². The molecule has 2 nitrogen and oxygen atoms in total. The SMILES string of the molecule is CCCCN(C)CC.CO.